The molecule has 3 nitrogen and oxygen atoms in total. The summed E-state index contributed by atoms with van der Waals surface area (Å²) in [6.45, 7) is 7.37. The van der Waals surface area contributed by atoms with Crippen LogP contribution in [0.25, 0.3) is 0 Å². The van der Waals surface area contributed by atoms with E-state index in [9.17, 15) is 4.57 Å². The van der Waals surface area contributed by atoms with E-state index in [0.29, 0.717) is 12.8 Å². The second-order valence-electron chi connectivity index (χ2n) is 2.34. The summed E-state index contributed by atoms with van der Waals surface area (Å²) in [6, 6.07) is 0. The Bertz CT molecular complexity index is 152. The minimum Gasteiger partial charge on any atom is -0.326 e. The van der Waals surface area contributed by atoms with Crippen molar-refractivity contribution in [1.29, 1.82) is 0 Å². The third-order valence-electron chi connectivity index (χ3n) is 1.86. The molecule has 0 aliphatic heterocycles. The van der Waals surface area contributed by atoms with Crippen LogP contribution in [0, 0.1) is 0 Å². The second kappa shape index (κ2) is 4.70. The van der Waals surface area contributed by atoms with E-state index in [1.165, 1.54) is 0 Å². The maximum Gasteiger partial charge on any atom is 0.317 e. The monoisotopic (exact) mass is 178 g/mol. The summed E-state index contributed by atoms with van der Waals surface area (Å²) in [6.07, 6.45) is 2.93. The quantitative estimate of drug-likeness (QED) is 0.518. The molecule has 0 aliphatic rings. The molecule has 0 fully saturated rings. The first-order valence-electron chi connectivity index (χ1n) is 3.65. The van der Waals surface area contributed by atoms with E-state index in [4.69, 9.17) is 9.42 Å². The van der Waals surface area contributed by atoms with Crippen LogP contribution >= 0.6 is 8.25 Å². The van der Waals surface area contributed by atoms with E-state index < -0.39 is 13.9 Å². The van der Waals surface area contributed by atoms with Crippen LogP contribution in [0.3, 0.4) is 0 Å². The molecule has 0 aliphatic carbocycles. The molecule has 0 heterocycles. The zero-order valence-electron chi connectivity index (χ0n) is 6.96. The Morgan fingerprint density at radius 1 is 1.64 bits per heavy atom. The molecule has 1 unspecified atom stereocenters. The molecule has 0 rings (SSSR count). The molecule has 0 saturated heterocycles. The largest absolute Gasteiger partial charge is 0.326 e. The lowest BCUT2D eigenvalue weighted by Gasteiger charge is -2.25. The van der Waals surface area contributed by atoms with Crippen LogP contribution < -0.4 is 0 Å². The van der Waals surface area contributed by atoms with Crippen molar-refractivity contribution in [3.63, 3.8) is 0 Å². The second-order valence-corrected chi connectivity index (χ2v) is 3.08. The molecule has 0 bridgehead atoms. The van der Waals surface area contributed by atoms with Gasteiger partial charge in [0.25, 0.3) is 0 Å². The fraction of sp³-hybridized carbons (Fsp3) is 0.714. The Labute approximate surface area is 68.0 Å². The van der Waals surface area contributed by atoms with Crippen molar-refractivity contribution in [2.45, 2.75) is 32.3 Å². The molecule has 0 aromatic carbocycles. The van der Waals surface area contributed by atoms with Crippen LogP contribution in [-0.2, 0) is 9.09 Å². The van der Waals surface area contributed by atoms with Gasteiger partial charge in [0, 0.05) is 0 Å². The maximum atomic E-state index is 10.4. The summed E-state index contributed by atoms with van der Waals surface area (Å²) < 4.78 is 15.3. The van der Waals surface area contributed by atoms with Crippen molar-refractivity contribution in [3.8, 4) is 0 Å². The average Bonchev–Trinajstić information content (AvgIpc) is 2.00. The third-order valence-corrected chi connectivity index (χ3v) is 2.44. The molecule has 0 amide bonds. The Morgan fingerprint density at radius 2 is 2.09 bits per heavy atom. The van der Waals surface area contributed by atoms with Gasteiger partial charge in [-0.05, 0) is 12.8 Å². The predicted molar refractivity (Wildman–Crippen MR) is 45.8 cm³/mol. The average molecular weight is 178 g/mol. The topological polar surface area (TPSA) is 46.5 Å². The molecule has 0 radical (unpaired) electrons. The standard InChI is InChI=1S/C7H15O3P/c1-4-7(5-2,6-3)10-11(8)9/h4,11H,1,5-6H2,2-3H3,(H,8,9). The van der Waals surface area contributed by atoms with Gasteiger partial charge in [-0.25, -0.2) is 0 Å². The zero-order chi connectivity index (χ0) is 8.91. The van der Waals surface area contributed by atoms with Gasteiger partial charge in [0.05, 0.1) is 5.60 Å². The molecule has 0 aromatic heterocycles. The molecule has 11 heavy (non-hydrogen) atoms. The zero-order valence-corrected chi connectivity index (χ0v) is 7.96. The molecule has 1 N–H and O–H groups in total. The summed E-state index contributed by atoms with van der Waals surface area (Å²) in [5.41, 5.74) is -0.606. The van der Waals surface area contributed by atoms with Crippen LogP contribution in [0.4, 0.5) is 0 Å². The third kappa shape index (κ3) is 3.19. The highest BCUT2D eigenvalue weighted by Gasteiger charge is 2.24. The molecular weight excluding hydrogens is 163 g/mol. The molecule has 0 aromatic rings. The van der Waals surface area contributed by atoms with E-state index >= 15 is 0 Å². The lowest BCUT2D eigenvalue weighted by atomic mass is 9.98. The summed E-state index contributed by atoms with van der Waals surface area (Å²) in [5, 5.41) is 0. The van der Waals surface area contributed by atoms with Crippen molar-refractivity contribution in [3.05, 3.63) is 12.7 Å². The summed E-state index contributed by atoms with van der Waals surface area (Å²) in [7, 11) is -2.85. The van der Waals surface area contributed by atoms with Gasteiger partial charge in [-0.3, -0.25) is 9.09 Å². The summed E-state index contributed by atoms with van der Waals surface area (Å²) in [4.78, 5) is 8.56. The van der Waals surface area contributed by atoms with Crippen molar-refractivity contribution in [2.24, 2.45) is 0 Å². The SMILES string of the molecule is C=CC(CC)(CC)O[PH](=O)O. The molecule has 0 saturated carbocycles. The van der Waals surface area contributed by atoms with Crippen LogP contribution in [0.1, 0.15) is 26.7 Å². The van der Waals surface area contributed by atoms with Crippen LogP contribution in [0.5, 0.6) is 0 Å². The first-order chi connectivity index (χ1) is 5.10. The first-order valence-corrected chi connectivity index (χ1v) is 4.92. The molecule has 66 valence electrons. The Morgan fingerprint density at radius 3 is 2.18 bits per heavy atom. The molecule has 1 atom stereocenters. The smallest absolute Gasteiger partial charge is 0.317 e. The van der Waals surface area contributed by atoms with Gasteiger partial charge >= 0.3 is 8.25 Å². The Balaban J connectivity index is 4.28. The summed E-state index contributed by atoms with van der Waals surface area (Å²) in [5.74, 6) is 0. The van der Waals surface area contributed by atoms with Gasteiger partial charge in [0.15, 0.2) is 0 Å². The van der Waals surface area contributed by atoms with E-state index in [2.05, 4.69) is 6.58 Å². The maximum absolute atomic E-state index is 10.4. The van der Waals surface area contributed by atoms with Gasteiger partial charge in [-0.1, -0.05) is 19.9 Å². The van der Waals surface area contributed by atoms with Gasteiger partial charge in [-0.2, -0.15) is 0 Å². The fourth-order valence-corrected chi connectivity index (χ4v) is 1.62. The highest BCUT2D eigenvalue weighted by atomic mass is 31.1. The highest BCUT2D eigenvalue weighted by molar-refractivity contribution is 7.32. The summed E-state index contributed by atoms with van der Waals surface area (Å²) >= 11 is 0. The van der Waals surface area contributed by atoms with E-state index in [-0.39, 0.29) is 0 Å². The van der Waals surface area contributed by atoms with E-state index in [1.807, 2.05) is 13.8 Å². The number of hydrogen-bond acceptors (Lipinski definition) is 2. The minimum atomic E-state index is -2.85. The van der Waals surface area contributed by atoms with Crippen LogP contribution in [-0.4, -0.2) is 10.5 Å². The van der Waals surface area contributed by atoms with Crippen LogP contribution in [0.15, 0.2) is 12.7 Å². The van der Waals surface area contributed by atoms with Crippen molar-refractivity contribution < 1.29 is 14.0 Å². The first kappa shape index (κ1) is 10.9. The van der Waals surface area contributed by atoms with Gasteiger partial charge in [-0.15, -0.1) is 6.58 Å². The van der Waals surface area contributed by atoms with Crippen LogP contribution in [0.2, 0.25) is 0 Å². The lowest BCUT2D eigenvalue weighted by Crippen LogP contribution is -2.24. The van der Waals surface area contributed by atoms with Gasteiger partial charge < -0.3 is 4.89 Å². The molecular formula is C7H15O3P. The number of hydrogen-bond donors (Lipinski definition) is 1. The predicted octanol–water partition coefficient (Wildman–Crippen LogP) is 2.13. The minimum absolute atomic E-state index is 0.606. The Kier molecular flexibility index (Phi) is 4.66. The normalized spacial score (nSPS) is 14.5. The van der Waals surface area contributed by atoms with E-state index in [0.717, 1.165) is 0 Å². The number of rotatable bonds is 5. The van der Waals surface area contributed by atoms with Crippen molar-refractivity contribution in [2.75, 3.05) is 0 Å². The molecule has 4 heteroatoms. The fourth-order valence-electron chi connectivity index (χ4n) is 0.899. The van der Waals surface area contributed by atoms with Gasteiger partial charge in [0.1, 0.15) is 0 Å². The molecule has 0 spiro atoms. The van der Waals surface area contributed by atoms with Gasteiger partial charge in [0.2, 0.25) is 0 Å². The highest BCUT2D eigenvalue weighted by Crippen LogP contribution is 2.32. The van der Waals surface area contributed by atoms with Crippen molar-refractivity contribution in [1.82, 2.24) is 0 Å². The lowest BCUT2D eigenvalue weighted by molar-refractivity contribution is 0.105. The van der Waals surface area contributed by atoms with E-state index in [1.54, 1.807) is 6.08 Å². The Hall–Kier alpha value is -0.110. The van der Waals surface area contributed by atoms with Crippen molar-refractivity contribution >= 4 is 8.25 Å².